The summed E-state index contributed by atoms with van der Waals surface area (Å²) in [5.41, 5.74) is 0.616. The van der Waals surface area contributed by atoms with Crippen molar-refractivity contribution in [1.29, 1.82) is 5.26 Å². The van der Waals surface area contributed by atoms with Crippen LogP contribution in [0.2, 0.25) is 5.02 Å². The van der Waals surface area contributed by atoms with Crippen molar-refractivity contribution in [1.82, 2.24) is 15.5 Å². The van der Waals surface area contributed by atoms with Crippen LogP contribution < -0.4 is 16.0 Å². The first-order valence-electron chi connectivity index (χ1n) is 13.7. The number of carbonyl (C=O) groups is 3. The Morgan fingerprint density at radius 3 is 2.69 bits per heavy atom. The Morgan fingerprint density at radius 2 is 2.05 bits per heavy atom. The van der Waals surface area contributed by atoms with Crippen LogP contribution in [0.25, 0.3) is 0 Å². The van der Waals surface area contributed by atoms with Gasteiger partial charge in [-0.25, -0.2) is 8.78 Å². The van der Waals surface area contributed by atoms with E-state index in [1.807, 2.05) is 19.9 Å². The number of benzene rings is 1. The van der Waals surface area contributed by atoms with Crippen LogP contribution in [0, 0.1) is 29.1 Å². The minimum Gasteiger partial charge on any atom is -0.374 e. The fraction of sp³-hybridized carbons (Fsp3) is 0.643. The maximum Gasteiger partial charge on any atom is 0.255 e. The van der Waals surface area contributed by atoms with Crippen LogP contribution in [0.3, 0.4) is 0 Å². The van der Waals surface area contributed by atoms with Crippen molar-refractivity contribution >= 4 is 35.0 Å². The lowest BCUT2D eigenvalue weighted by Gasteiger charge is -2.54. The summed E-state index contributed by atoms with van der Waals surface area (Å²) in [7, 11) is 0. The zero-order chi connectivity index (χ0) is 28.3. The van der Waals surface area contributed by atoms with Gasteiger partial charge in [0.1, 0.15) is 18.1 Å². The summed E-state index contributed by atoms with van der Waals surface area (Å²) in [5.74, 6) is -6.18. The second-order valence-electron chi connectivity index (χ2n) is 11.4. The number of alkyl halides is 2. The van der Waals surface area contributed by atoms with E-state index < -0.39 is 60.2 Å². The Hall–Kier alpha value is -2.93. The van der Waals surface area contributed by atoms with Crippen molar-refractivity contribution in [2.75, 3.05) is 11.9 Å². The number of nitrogens with zero attached hydrogens (tertiary/aromatic N) is 2. The van der Waals surface area contributed by atoms with Crippen molar-refractivity contribution < 1.29 is 23.2 Å². The fourth-order valence-electron chi connectivity index (χ4n) is 6.22. The van der Waals surface area contributed by atoms with E-state index in [0.29, 0.717) is 36.5 Å². The van der Waals surface area contributed by atoms with Crippen molar-refractivity contribution in [3.63, 3.8) is 0 Å². The smallest absolute Gasteiger partial charge is 0.255 e. The third-order valence-corrected chi connectivity index (χ3v) is 8.26. The molecule has 3 N–H and O–H groups in total. The molecule has 1 aliphatic carbocycles. The monoisotopic (exact) mass is 563 g/mol. The number of anilines is 1. The van der Waals surface area contributed by atoms with Crippen LogP contribution in [0.1, 0.15) is 58.8 Å². The lowest BCUT2D eigenvalue weighted by atomic mass is 9.71. The maximum absolute atomic E-state index is 15.1. The van der Waals surface area contributed by atoms with E-state index >= 15 is 8.78 Å². The molecular weight excluding hydrogens is 528 g/mol. The summed E-state index contributed by atoms with van der Waals surface area (Å²) in [6.45, 7) is 4.48. The summed E-state index contributed by atoms with van der Waals surface area (Å²) < 4.78 is 30.3. The first-order chi connectivity index (χ1) is 18.5. The van der Waals surface area contributed by atoms with Crippen LogP contribution in [-0.4, -0.2) is 59.3 Å². The Labute approximate surface area is 232 Å². The molecule has 1 saturated carbocycles. The molecule has 8 nitrogen and oxygen atoms in total. The highest BCUT2D eigenvalue weighted by Crippen LogP contribution is 2.49. The van der Waals surface area contributed by atoms with Crippen LogP contribution in [0.15, 0.2) is 24.3 Å². The lowest BCUT2D eigenvalue weighted by Crippen LogP contribution is -2.70. The van der Waals surface area contributed by atoms with Gasteiger partial charge in [0.05, 0.1) is 12.0 Å². The molecule has 0 spiro atoms. The van der Waals surface area contributed by atoms with Gasteiger partial charge in [-0.1, -0.05) is 31.5 Å². The highest BCUT2D eigenvalue weighted by Gasteiger charge is 2.61. The van der Waals surface area contributed by atoms with E-state index in [1.165, 1.54) is 4.90 Å². The molecule has 0 radical (unpaired) electrons. The van der Waals surface area contributed by atoms with E-state index in [2.05, 4.69) is 16.0 Å². The van der Waals surface area contributed by atoms with Gasteiger partial charge in [0.2, 0.25) is 17.7 Å². The minimum atomic E-state index is -3.11. The molecule has 0 aromatic heterocycles. The minimum absolute atomic E-state index is 0.0888. The van der Waals surface area contributed by atoms with Crippen molar-refractivity contribution in [2.24, 2.45) is 17.8 Å². The van der Waals surface area contributed by atoms with E-state index in [0.717, 1.165) is 6.42 Å². The number of carbonyl (C=O) groups excluding carboxylic acids is 3. The molecule has 4 aliphatic rings. The number of hydrogen-bond acceptors (Lipinski definition) is 5. The highest BCUT2D eigenvalue weighted by molar-refractivity contribution is 6.30. The first-order valence-corrected chi connectivity index (χ1v) is 14.1. The Balaban J connectivity index is 1.58. The molecule has 4 fully saturated rings. The number of amides is 3. The lowest BCUT2D eigenvalue weighted by molar-refractivity contribution is -0.194. The maximum atomic E-state index is 15.1. The second-order valence-corrected chi connectivity index (χ2v) is 11.8. The van der Waals surface area contributed by atoms with Gasteiger partial charge in [0.25, 0.3) is 5.92 Å². The molecular formula is C28H36ClF2N5O3. The number of hydrogen-bond donors (Lipinski definition) is 3. The molecule has 5 rings (SSSR count). The Bertz CT molecular complexity index is 1130. The first kappa shape index (κ1) is 29.1. The third kappa shape index (κ3) is 6.63. The standard InChI is InChI=1S/C28H36ClF2N5O3/c1-16(2)11-23(34-19-7-3-6-18(29)13-19)27(39)36-21-8-9-22(28(30,31)14-21)24(36)26(38)35-20(15-32)12-17-5-4-10-33-25(17)37/h3,6-7,13,16-17,20-24,34H,4-5,8-12,14H2,1-2H3,(H,33,37)(H,35,38)/t17-,20+,21+,22+,23-,24-/m1/s1. The molecule has 6 atom stereocenters. The van der Waals surface area contributed by atoms with Crippen molar-refractivity contribution in [2.45, 2.75) is 88.9 Å². The normalized spacial score (nSPS) is 27.3. The molecule has 39 heavy (non-hydrogen) atoms. The molecule has 1 aromatic rings. The van der Waals surface area contributed by atoms with Crippen molar-refractivity contribution in [3.05, 3.63) is 29.3 Å². The third-order valence-electron chi connectivity index (χ3n) is 8.02. The SMILES string of the molecule is CC(C)C[C@@H](Nc1cccc(Cl)c1)C(=O)N1[C@H]2CC[C@@H]([C@@H]1C(=O)N[C@H](C#N)C[C@H]1CCCNC1=O)C(F)(F)C2. The quantitative estimate of drug-likeness (QED) is 0.418. The fourth-order valence-corrected chi connectivity index (χ4v) is 6.41. The van der Waals surface area contributed by atoms with Crippen molar-refractivity contribution in [3.8, 4) is 6.07 Å². The van der Waals surface area contributed by atoms with Gasteiger partial charge in [-0.3, -0.25) is 14.4 Å². The average Bonchev–Trinajstić information content (AvgIpc) is 2.87. The summed E-state index contributed by atoms with van der Waals surface area (Å²) in [5, 5.41) is 18.8. The topological polar surface area (TPSA) is 114 Å². The van der Waals surface area contributed by atoms with Gasteiger partial charge in [-0.05, 0) is 62.6 Å². The molecule has 0 unspecified atom stereocenters. The van der Waals surface area contributed by atoms with Gasteiger partial charge < -0.3 is 20.9 Å². The summed E-state index contributed by atoms with van der Waals surface area (Å²) in [6.07, 6.45) is 1.85. The molecule has 3 amide bonds. The number of halogens is 3. The van der Waals surface area contributed by atoms with Crippen LogP contribution in [-0.2, 0) is 14.4 Å². The second kappa shape index (κ2) is 12.1. The van der Waals surface area contributed by atoms with E-state index in [9.17, 15) is 19.6 Å². The molecule has 11 heteroatoms. The number of nitrogens with one attached hydrogen (secondary N) is 3. The van der Waals surface area contributed by atoms with E-state index in [-0.39, 0.29) is 24.7 Å². The van der Waals surface area contributed by atoms with Crippen LogP contribution in [0.4, 0.5) is 14.5 Å². The molecule has 3 saturated heterocycles. The van der Waals surface area contributed by atoms with Crippen LogP contribution in [0.5, 0.6) is 0 Å². The zero-order valence-electron chi connectivity index (χ0n) is 22.3. The zero-order valence-corrected chi connectivity index (χ0v) is 23.0. The molecule has 3 aliphatic heterocycles. The van der Waals surface area contributed by atoms with E-state index in [4.69, 9.17) is 11.6 Å². The largest absolute Gasteiger partial charge is 0.374 e. The molecule has 212 valence electrons. The number of fused-ring (bicyclic) bond motifs is 3. The number of piperidine rings is 3. The highest BCUT2D eigenvalue weighted by atomic mass is 35.5. The molecule has 3 heterocycles. The Kier molecular flexibility index (Phi) is 9.00. The van der Waals surface area contributed by atoms with Crippen LogP contribution >= 0.6 is 11.6 Å². The van der Waals surface area contributed by atoms with Gasteiger partial charge in [0, 0.05) is 35.6 Å². The van der Waals surface area contributed by atoms with Gasteiger partial charge >= 0.3 is 0 Å². The van der Waals surface area contributed by atoms with Gasteiger partial charge in [-0.15, -0.1) is 0 Å². The molecule has 1 aromatic carbocycles. The number of nitriles is 1. The van der Waals surface area contributed by atoms with Gasteiger partial charge in [0.15, 0.2) is 0 Å². The Morgan fingerprint density at radius 1 is 1.28 bits per heavy atom. The number of rotatable bonds is 9. The van der Waals surface area contributed by atoms with E-state index in [1.54, 1.807) is 24.3 Å². The summed E-state index contributed by atoms with van der Waals surface area (Å²) in [6, 6.07) is 4.91. The van der Waals surface area contributed by atoms with Gasteiger partial charge in [-0.2, -0.15) is 5.26 Å². The predicted octanol–water partition coefficient (Wildman–Crippen LogP) is 4.11. The summed E-state index contributed by atoms with van der Waals surface area (Å²) >= 11 is 6.13. The predicted molar refractivity (Wildman–Crippen MR) is 143 cm³/mol. The summed E-state index contributed by atoms with van der Waals surface area (Å²) in [4.78, 5) is 41.2. The average molecular weight is 564 g/mol. The molecule has 2 bridgehead atoms.